The van der Waals surface area contributed by atoms with Gasteiger partial charge in [0.2, 0.25) is 5.91 Å². The maximum absolute atomic E-state index is 13.8. The SMILES string of the molecule is CC1C(=O)Nc2c1cc(F)cc2C(O)C1CCCCC1. The Balaban J connectivity index is 1.97. The third-order valence-electron chi connectivity index (χ3n) is 4.69. The zero-order valence-electron chi connectivity index (χ0n) is 11.7. The fourth-order valence-corrected chi connectivity index (χ4v) is 3.45. The lowest BCUT2D eigenvalue weighted by Crippen LogP contribution is -2.17. The Morgan fingerprint density at radius 2 is 2.00 bits per heavy atom. The van der Waals surface area contributed by atoms with Crippen molar-refractivity contribution < 1.29 is 14.3 Å². The van der Waals surface area contributed by atoms with Crippen molar-refractivity contribution in [2.24, 2.45) is 5.92 Å². The van der Waals surface area contributed by atoms with Crippen molar-refractivity contribution in [2.45, 2.75) is 51.0 Å². The van der Waals surface area contributed by atoms with Gasteiger partial charge in [0.1, 0.15) is 5.82 Å². The van der Waals surface area contributed by atoms with E-state index >= 15 is 0 Å². The molecule has 1 fully saturated rings. The molecule has 0 aromatic heterocycles. The second kappa shape index (κ2) is 5.17. The molecular formula is C16H20FNO2. The predicted octanol–water partition coefficient (Wildman–Crippen LogP) is 3.50. The van der Waals surface area contributed by atoms with Crippen LogP contribution in [0.5, 0.6) is 0 Å². The summed E-state index contributed by atoms with van der Waals surface area (Å²) in [5.41, 5.74) is 1.84. The van der Waals surface area contributed by atoms with Crippen molar-refractivity contribution in [3.8, 4) is 0 Å². The van der Waals surface area contributed by atoms with Crippen LogP contribution in [0.25, 0.3) is 0 Å². The van der Waals surface area contributed by atoms with Crippen molar-refractivity contribution in [1.29, 1.82) is 0 Å². The molecule has 2 atom stereocenters. The van der Waals surface area contributed by atoms with Gasteiger partial charge in [-0.2, -0.15) is 0 Å². The van der Waals surface area contributed by atoms with Gasteiger partial charge in [-0.1, -0.05) is 19.3 Å². The Morgan fingerprint density at radius 3 is 2.70 bits per heavy atom. The minimum atomic E-state index is -0.689. The number of aliphatic hydroxyl groups excluding tert-OH is 1. The van der Waals surface area contributed by atoms with Crippen LogP contribution in [-0.4, -0.2) is 11.0 Å². The minimum absolute atomic E-state index is 0.123. The standard InChI is InChI=1S/C16H20FNO2/c1-9-12-7-11(17)8-13(14(12)18-16(9)20)15(19)10-5-3-2-4-6-10/h7-10,15,19H,2-6H2,1H3,(H,18,20). The normalized spacial score (nSPS) is 24.4. The van der Waals surface area contributed by atoms with Crippen LogP contribution in [0.15, 0.2) is 12.1 Å². The second-order valence-electron chi connectivity index (χ2n) is 6.01. The molecule has 2 aliphatic rings. The van der Waals surface area contributed by atoms with Crippen LogP contribution in [0.2, 0.25) is 0 Å². The molecule has 2 N–H and O–H groups in total. The van der Waals surface area contributed by atoms with E-state index in [0.717, 1.165) is 25.7 Å². The number of amides is 1. The number of anilines is 1. The van der Waals surface area contributed by atoms with E-state index in [1.807, 2.05) is 0 Å². The highest BCUT2D eigenvalue weighted by Gasteiger charge is 2.33. The molecule has 1 aliphatic carbocycles. The van der Waals surface area contributed by atoms with Gasteiger partial charge in [-0.05, 0) is 43.4 Å². The first-order valence-corrected chi connectivity index (χ1v) is 7.40. The fourth-order valence-electron chi connectivity index (χ4n) is 3.45. The molecule has 2 unspecified atom stereocenters. The molecule has 1 aromatic carbocycles. The number of carbonyl (C=O) groups is 1. The molecule has 4 heteroatoms. The van der Waals surface area contributed by atoms with Crippen LogP contribution in [0.4, 0.5) is 10.1 Å². The van der Waals surface area contributed by atoms with E-state index in [2.05, 4.69) is 5.32 Å². The third-order valence-corrected chi connectivity index (χ3v) is 4.69. The van der Waals surface area contributed by atoms with Gasteiger partial charge >= 0.3 is 0 Å². The highest BCUT2D eigenvalue weighted by Crippen LogP contribution is 2.42. The molecule has 1 saturated carbocycles. The summed E-state index contributed by atoms with van der Waals surface area (Å²) in [6.45, 7) is 1.76. The average molecular weight is 277 g/mol. The summed E-state index contributed by atoms with van der Waals surface area (Å²) in [6, 6.07) is 2.77. The van der Waals surface area contributed by atoms with E-state index in [4.69, 9.17) is 0 Å². The largest absolute Gasteiger partial charge is 0.388 e. The number of fused-ring (bicyclic) bond motifs is 1. The monoisotopic (exact) mass is 277 g/mol. The van der Waals surface area contributed by atoms with Crippen LogP contribution in [-0.2, 0) is 4.79 Å². The Kier molecular flexibility index (Phi) is 3.50. The molecule has 1 aliphatic heterocycles. The van der Waals surface area contributed by atoms with E-state index in [9.17, 15) is 14.3 Å². The number of nitrogens with one attached hydrogen (secondary N) is 1. The molecule has 0 bridgehead atoms. The molecule has 3 nitrogen and oxygen atoms in total. The van der Waals surface area contributed by atoms with E-state index in [1.165, 1.54) is 18.6 Å². The number of rotatable bonds is 2. The summed E-state index contributed by atoms with van der Waals surface area (Å²) < 4.78 is 13.8. The van der Waals surface area contributed by atoms with Crippen LogP contribution >= 0.6 is 0 Å². The molecular weight excluding hydrogens is 257 g/mol. The van der Waals surface area contributed by atoms with Crippen molar-refractivity contribution >= 4 is 11.6 Å². The Bertz CT molecular complexity index is 538. The first kappa shape index (κ1) is 13.6. The first-order valence-electron chi connectivity index (χ1n) is 7.40. The molecule has 1 amide bonds. The second-order valence-corrected chi connectivity index (χ2v) is 6.01. The van der Waals surface area contributed by atoms with Crippen LogP contribution in [0.1, 0.15) is 62.2 Å². The summed E-state index contributed by atoms with van der Waals surface area (Å²) in [5.74, 6) is -0.680. The highest BCUT2D eigenvalue weighted by molar-refractivity contribution is 6.03. The Hall–Kier alpha value is -1.42. The summed E-state index contributed by atoms with van der Waals surface area (Å²) in [4.78, 5) is 11.8. The summed E-state index contributed by atoms with van der Waals surface area (Å²) in [5, 5.41) is 13.4. The zero-order chi connectivity index (χ0) is 14.3. The van der Waals surface area contributed by atoms with Gasteiger partial charge < -0.3 is 10.4 Å². The topological polar surface area (TPSA) is 49.3 Å². The smallest absolute Gasteiger partial charge is 0.231 e. The maximum Gasteiger partial charge on any atom is 0.231 e. The fraction of sp³-hybridized carbons (Fsp3) is 0.562. The molecule has 3 rings (SSSR count). The lowest BCUT2D eigenvalue weighted by atomic mass is 9.82. The third kappa shape index (κ3) is 2.22. The van der Waals surface area contributed by atoms with Crippen LogP contribution in [0, 0.1) is 11.7 Å². The van der Waals surface area contributed by atoms with Crippen molar-refractivity contribution in [3.63, 3.8) is 0 Å². The van der Waals surface area contributed by atoms with Gasteiger partial charge in [0.15, 0.2) is 0 Å². The van der Waals surface area contributed by atoms with Crippen LogP contribution < -0.4 is 5.32 Å². The summed E-state index contributed by atoms with van der Waals surface area (Å²) in [7, 11) is 0. The molecule has 1 aromatic rings. The number of carbonyl (C=O) groups excluding carboxylic acids is 1. The van der Waals surface area contributed by atoms with Gasteiger partial charge in [0.05, 0.1) is 17.7 Å². The van der Waals surface area contributed by atoms with Crippen LogP contribution in [0.3, 0.4) is 0 Å². The number of hydrogen-bond donors (Lipinski definition) is 2. The first-order chi connectivity index (χ1) is 9.58. The number of benzene rings is 1. The minimum Gasteiger partial charge on any atom is -0.388 e. The Labute approximate surface area is 118 Å². The molecule has 108 valence electrons. The van der Waals surface area contributed by atoms with E-state index in [-0.39, 0.29) is 23.6 Å². The van der Waals surface area contributed by atoms with E-state index in [0.29, 0.717) is 16.8 Å². The number of hydrogen-bond acceptors (Lipinski definition) is 2. The zero-order valence-corrected chi connectivity index (χ0v) is 11.7. The molecule has 0 spiro atoms. The van der Waals surface area contributed by atoms with Gasteiger partial charge in [0, 0.05) is 5.56 Å². The maximum atomic E-state index is 13.8. The van der Waals surface area contributed by atoms with Gasteiger partial charge in [-0.25, -0.2) is 4.39 Å². The highest BCUT2D eigenvalue weighted by atomic mass is 19.1. The molecule has 20 heavy (non-hydrogen) atoms. The lowest BCUT2D eigenvalue weighted by molar-refractivity contribution is -0.116. The predicted molar refractivity (Wildman–Crippen MR) is 75.0 cm³/mol. The van der Waals surface area contributed by atoms with Gasteiger partial charge in [0.25, 0.3) is 0 Å². The number of halogens is 1. The summed E-state index contributed by atoms with van der Waals surface area (Å²) >= 11 is 0. The van der Waals surface area contributed by atoms with E-state index in [1.54, 1.807) is 6.92 Å². The Morgan fingerprint density at radius 1 is 1.30 bits per heavy atom. The quantitative estimate of drug-likeness (QED) is 0.869. The van der Waals surface area contributed by atoms with E-state index < -0.39 is 6.10 Å². The molecule has 0 saturated heterocycles. The number of aliphatic hydroxyl groups is 1. The van der Waals surface area contributed by atoms with Crippen molar-refractivity contribution in [2.75, 3.05) is 5.32 Å². The van der Waals surface area contributed by atoms with Crippen molar-refractivity contribution in [3.05, 3.63) is 29.1 Å². The molecule has 1 heterocycles. The average Bonchev–Trinajstić information content (AvgIpc) is 2.74. The lowest BCUT2D eigenvalue weighted by Gasteiger charge is -2.28. The summed E-state index contributed by atoms with van der Waals surface area (Å²) in [6.07, 6.45) is 4.68. The molecule has 0 radical (unpaired) electrons. The van der Waals surface area contributed by atoms with Crippen molar-refractivity contribution in [1.82, 2.24) is 0 Å². The van der Waals surface area contributed by atoms with Gasteiger partial charge in [-0.15, -0.1) is 0 Å². The van der Waals surface area contributed by atoms with Gasteiger partial charge in [-0.3, -0.25) is 4.79 Å².